The number of thiophene rings is 1. The average Bonchev–Trinajstić information content (AvgIpc) is 3.24. The Bertz CT molecular complexity index is 868. The predicted octanol–water partition coefficient (Wildman–Crippen LogP) is 3.16. The Labute approximate surface area is 148 Å². The van der Waals surface area contributed by atoms with E-state index in [2.05, 4.69) is 15.5 Å². The van der Waals surface area contributed by atoms with Crippen molar-refractivity contribution in [2.75, 3.05) is 14.1 Å². The topological polar surface area (TPSA) is 63.9 Å². The van der Waals surface area contributed by atoms with Crippen molar-refractivity contribution in [1.29, 1.82) is 0 Å². The number of Topliss-reactive ketones (excluding diaryl/α,β-unsaturated/α-hetero) is 1. The molecule has 3 rings (SSSR count). The molecule has 1 aromatic carbocycles. The maximum Gasteiger partial charge on any atom is 0.208 e. The maximum atomic E-state index is 12.9. The first-order valence-corrected chi connectivity index (χ1v) is 8.33. The summed E-state index contributed by atoms with van der Waals surface area (Å²) in [6.07, 6.45) is 1.72. The summed E-state index contributed by atoms with van der Waals surface area (Å²) in [7, 11) is 3.69. The molecular formula is C16H14ClN5OS. The van der Waals surface area contributed by atoms with E-state index in [0.29, 0.717) is 21.3 Å². The second-order valence-electron chi connectivity index (χ2n) is 5.20. The molecule has 122 valence electrons. The Balaban J connectivity index is 2.09. The van der Waals surface area contributed by atoms with Crippen LogP contribution in [0, 0.1) is 0 Å². The van der Waals surface area contributed by atoms with Gasteiger partial charge in [-0.05, 0) is 46.1 Å². The average molecular weight is 360 g/mol. The fourth-order valence-corrected chi connectivity index (χ4v) is 2.93. The highest BCUT2D eigenvalue weighted by molar-refractivity contribution is 7.12. The number of halogens is 1. The van der Waals surface area contributed by atoms with Gasteiger partial charge in [0.25, 0.3) is 0 Å². The van der Waals surface area contributed by atoms with E-state index in [9.17, 15) is 4.79 Å². The van der Waals surface area contributed by atoms with Gasteiger partial charge in [-0.3, -0.25) is 4.79 Å². The minimum atomic E-state index is -0.122. The van der Waals surface area contributed by atoms with Crippen molar-refractivity contribution >= 4 is 34.3 Å². The van der Waals surface area contributed by atoms with Crippen LogP contribution < -0.4 is 0 Å². The van der Waals surface area contributed by atoms with Crippen molar-refractivity contribution in [3.05, 3.63) is 63.7 Å². The largest absolute Gasteiger partial charge is 0.383 e. The third kappa shape index (κ3) is 3.37. The number of allylic oxidation sites excluding steroid dienone is 1. The Morgan fingerprint density at radius 3 is 2.62 bits per heavy atom. The first-order valence-electron chi connectivity index (χ1n) is 7.07. The van der Waals surface area contributed by atoms with Crippen molar-refractivity contribution in [2.45, 2.75) is 0 Å². The first kappa shape index (κ1) is 16.4. The fraction of sp³-hybridized carbons (Fsp3) is 0.125. The van der Waals surface area contributed by atoms with E-state index < -0.39 is 0 Å². The van der Waals surface area contributed by atoms with E-state index in [4.69, 9.17) is 11.6 Å². The summed E-state index contributed by atoms with van der Waals surface area (Å²) in [5, 5.41) is 14.3. The van der Waals surface area contributed by atoms with E-state index in [1.165, 1.54) is 16.0 Å². The molecule has 24 heavy (non-hydrogen) atoms. The third-order valence-electron chi connectivity index (χ3n) is 3.16. The molecule has 0 N–H and O–H groups in total. The molecule has 0 fully saturated rings. The Morgan fingerprint density at radius 2 is 2.00 bits per heavy atom. The maximum absolute atomic E-state index is 12.9. The second-order valence-corrected chi connectivity index (χ2v) is 6.59. The lowest BCUT2D eigenvalue weighted by Gasteiger charge is -2.11. The zero-order valence-corrected chi connectivity index (χ0v) is 14.6. The van der Waals surface area contributed by atoms with Gasteiger partial charge in [-0.1, -0.05) is 17.7 Å². The third-order valence-corrected chi connectivity index (χ3v) is 4.28. The van der Waals surface area contributed by atoms with Crippen LogP contribution in [0.2, 0.25) is 5.02 Å². The number of rotatable bonds is 5. The number of nitrogens with zero attached hydrogens (tertiary/aromatic N) is 5. The van der Waals surface area contributed by atoms with E-state index >= 15 is 0 Å². The van der Waals surface area contributed by atoms with Gasteiger partial charge in [0.2, 0.25) is 5.78 Å². The molecule has 0 saturated carbocycles. The molecule has 0 saturated heterocycles. The van der Waals surface area contributed by atoms with Gasteiger partial charge >= 0.3 is 0 Å². The highest BCUT2D eigenvalue weighted by atomic mass is 35.5. The second kappa shape index (κ2) is 6.94. The highest BCUT2D eigenvalue weighted by Gasteiger charge is 2.22. The molecule has 0 unspecified atom stereocenters. The van der Waals surface area contributed by atoms with Gasteiger partial charge in [-0.15, -0.1) is 16.4 Å². The normalized spacial score (nSPS) is 11.5. The zero-order chi connectivity index (χ0) is 17.1. The molecule has 2 heterocycles. The van der Waals surface area contributed by atoms with Gasteiger partial charge in [0, 0.05) is 25.3 Å². The lowest BCUT2D eigenvalue weighted by Crippen LogP contribution is -2.13. The summed E-state index contributed by atoms with van der Waals surface area (Å²) in [6, 6.07) is 10.7. The molecule has 0 amide bonds. The molecule has 0 radical (unpaired) electrons. The summed E-state index contributed by atoms with van der Waals surface area (Å²) in [4.78, 5) is 15.3. The number of benzene rings is 1. The van der Waals surface area contributed by atoms with Crippen LogP contribution >= 0.6 is 22.9 Å². The van der Waals surface area contributed by atoms with Crippen molar-refractivity contribution in [3.63, 3.8) is 0 Å². The molecule has 0 spiro atoms. The Morgan fingerprint density at radius 1 is 1.25 bits per heavy atom. The SMILES string of the molecule is CN(C)C=C(C(=O)c1cccs1)c1nnnn1-c1ccc(Cl)cc1. The Kier molecular flexibility index (Phi) is 4.73. The van der Waals surface area contributed by atoms with E-state index in [1.807, 2.05) is 25.5 Å². The van der Waals surface area contributed by atoms with Crippen LogP contribution in [0.4, 0.5) is 0 Å². The van der Waals surface area contributed by atoms with Crippen LogP contribution in [-0.4, -0.2) is 45.0 Å². The van der Waals surface area contributed by atoms with E-state index in [-0.39, 0.29) is 5.78 Å². The van der Waals surface area contributed by atoms with Gasteiger partial charge < -0.3 is 4.90 Å². The number of carbonyl (C=O) groups is 1. The van der Waals surface area contributed by atoms with Crippen LogP contribution in [0.15, 0.2) is 48.0 Å². The van der Waals surface area contributed by atoms with Crippen molar-refractivity contribution in [3.8, 4) is 5.69 Å². The molecule has 2 aromatic heterocycles. The van der Waals surface area contributed by atoms with Crippen molar-refractivity contribution in [2.24, 2.45) is 0 Å². The predicted molar refractivity (Wildman–Crippen MR) is 94.5 cm³/mol. The van der Waals surface area contributed by atoms with Crippen LogP contribution in [0.1, 0.15) is 15.5 Å². The van der Waals surface area contributed by atoms with Gasteiger partial charge in [0.05, 0.1) is 16.1 Å². The first-order chi connectivity index (χ1) is 11.6. The van der Waals surface area contributed by atoms with Crippen molar-refractivity contribution in [1.82, 2.24) is 25.1 Å². The van der Waals surface area contributed by atoms with Crippen LogP contribution in [0.25, 0.3) is 11.3 Å². The molecule has 0 aliphatic heterocycles. The van der Waals surface area contributed by atoms with E-state index in [1.54, 1.807) is 41.4 Å². The fourth-order valence-electron chi connectivity index (χ4n) is 2.13. The van der Waals surface area contributed by atoms with Gasteiger partial charge in [-0.2, -0.15) is 4.68 Å². The van der Waals surface area contributed by atoms with Crippen molar-refractivity contribution < 1.29 is 4.79 Å². The summed E-state index contributed by atoms with van der Waals surface area (Å²) in [5.41, 5.74) is 1.14. The molecule has 0 aliphatic rings. The quantitative estimate of drug-likeness (QED) is 0.517. The van der Waals surface area contributed by atoms with Gasteiger partial charge in [0.1, 0.15) is 0 Å². The van der Waals surface area contributed by atoms with Crippen LogP contribution in [0.5, 0.6) is 0 Å². The van der Waals surface area contributed by atoms with E-state index in [0.717, 1.165) is 5.69 Å². The number of tetrazole rings is 1. The minimum absolute atomic E-state index is 0.122. The molecule has 0 aliphatic carbocycles. The molecule has 0 bridgehead atoms. The number of carbonyl (C=O) groups excluding carboxylic acids is 1. The summed E-state index contributed by atoms with van der Waals surface area (Å²) in [6.45, 7) is 0. The van der Waals surface area contributed by atoms with Gasteiger partial charge in [-0.25, -0.2) is 0 Å². The number of aromatic nitrogens is 4. The summed E-state index contributed by atoms with van der Waals surface area (Å²) < 4.78 is 1.52. The standard InChI is InChI=1S/C16H14ClN5OS/c1-21(2)10-13(15(23)14-4-3-9-24-14)16-18-19-20-22(16)12-7-5-11(17)6-8-12/h3-10H,1-2H3. The molecular weight excluding hydrogens is 346 g/mol. The highest BCUT2D eigenvalue weighted by Crippen LogP contribution is 2.23. The zero-order valence-electron chi connectivity index (χ0n) is 13.0. The van der Waals surface area contributed by atoms with Crippen LogP contribution in [-0.2, 0) is 0 Å². The molecule has 0 atom stereocenters. The number of hydrogen-bond acceptors (Lipinski definition) is 6. The minimum Gasteiger partial charge on any atom is -0.383 e. The van der Waals surface area contributed by atoms with Gasteiger partial charge in [0.15, 0.2) is 5.82 Å². The lowest BCUT2D eigenvalue weighted by molar-refractivity contribution is 0.105. The number of ketones is 1. The molecule has 6 nitrogen and oxygen atoms in total. The van der Waals surface area contributed by atoms with Crippen LogP contribution in [0.3, 0.4) is 0 Å². The lowest BCUT2D eigenvalue weighted by atomic mass is 10.1. The Hall–Kier alpha value is -2.51. The molecule has 8 heteroatoms. The smallest absolute Gasteiger partial charge is 0.208 e. The monoisotopic (exact) mass is 359 g/mol. The molecule has 3 aromatic rings. The number of hydrogen-bond donors (Lipinski definition) is 0. The summed E-state index contributed by atoms with van der Waals surface area (Å²) in [5.74, 6) is 0.258. The summed E-state index contributed by atoms with van der Waals surface area (Å²) >= 11 is 7.31.